The van der Waals surface area contributed by atoms with E-state index in [0.29, 0.717) is 17.6 Å². The minimum Gasteiger partial charge on any atom is -0.493 e. The molecule has 0 spiro atoms. The average Bonchev–Trinajstić information content (AvgIpc) is 2.90. The van der Waals surface area contributed by atoms with Crippen molar-refractivity contribution in [1.82, 2.24) is 0 Å². The standard InChI is InChI=1S/C38H56O3/c1-28(2)15-10-16-29(3)17-11-18-30(4)19-12-20-31(5)21-13-22-32(6)23-14-24-33(7)25-26-35-34(8)36(39)27-37(41-9)38(35)40/h15,17,19,21,23,25,27H,10-14,16,18,20,22,24,26H2,1-9H3/b29-17+,30-19+,31-21+,32-23+,33-25+. The SMILES string of the molecule is COC1=CC(=O)C(C)=C(C/C=C(\C)CC/C=C(\C)CC/C=C(\C)CC/C=C(\C)CC/C=C(\C)CCC=C(C)C)C1=O. The van der Waals surface area contributed by atoms with E-state index in [1.54, 1.807) is 6.92 Å². The highest BCUT2D eigenvalue weighted by Crippen LogP contribution is 2.24. The maximum Gasteiger partial charge on any atom is 0.224 e. The molecule has 0 aliphatic heterocycles. The summed E-state index contributed by atoms with van der Waals surface area (Å²) >= 11 is 0. The molecule has 0 heterocycles. The van der Waals surface area contributed by atoms with Gasteiger partial charge in [-0.05, 0) is 126 Å². The number of hydrogen-bond donors (Lipinski definition) is 0. The molecule has 0 unspecified atom stereocenters. The van der Waals surface area contributed by atoms with Crippen LogP contribution in [-0.2, 0) is 14.3 Å². The van der Waals surface area contributed by atoms with Crippen LogP contribution in [0.4, 0.5) is 0 Å². The molecule has 226 valence electrons. The summed E-state index contributed by atoms with van der Waals surface area (Å²) in [6.45, 7) is 17.1. The van der Waals surface area contributed by atoms with Gasteiger partial charge in [-0.1, -0.05) is 69.9 Å². The number of carbonyl (C=O) groups is 2. The summed E-state index contributed by atoms with van der Waals surface area (Å²) in [5.74, 6) is -0.184. The molecule has 0 N–H and O–H groups in total. The van der Waals surface area contributed by atoms with Gasteiger partial charge < -0.3 is 4.74 Å². The Labute approximate surface area is 251 Å². The van der Waals surface area contributed by atoms with Crippen molar-refractivity contribution in [3.8, 4) is 0 Å². The Morgan fingerprint density at radius 1 is 0.610 bits per heavy atom. The summed E-state index contributed by atoms with van der Waals surface area (Å²) in [6, 6.07) is 0. The lowest BCUT2D eigenvalue weighted by atomic mass is 9.91. The number of hydrogen-bond acceptors (Lipinski definition) is 3. The van der Waals surface area contributed by atoms with E-state index in [4.69, 9.17) is 4.74 Å². The van der Waals surface area contributed by atoms with Crippen molar-refractivity contribution in [1.29, 1.82) is 0 Å². The van der Waals surface area contributed by atoms with Gasteiger partial charge in [-0.2, -0.15) is 0 Å². The quantitative estimate of drug-likeness (QED) is 0.124. The van der Waals surface area contributed by atoms with Crippen molar-refractivity contribution >= 4 is 11.6 Å². The second-order valence-electron chi connectivity index (χ2n) is 11.9. The van der Waals surface area contributed by atoms with E-state index >= 15 is 0 Å². The predicted molar refractivity (Wildman–Crippen MR) is 177 cm³/mol. The zero-order valence-electron chi connectivity index (χ0n) is 27.5. The van der Waals surface area contributed by atoms with Gasteiger partial charge in [0.25, 0.3) is 0 Å². The summed E-state index contributed by atoms with van der Waals surface area (Å²) in [6.07, 6.45) is 26.7. The van der Waals surface area contributed by atoms with Crippen molar-refractivity contribution in [2.45, 2.75) is 126 Å². The Morgan fingerprint density at radius 3 is 1.34 bits per heavy atom. The second kappa shape index (κ2) is 20.0. The number of carbonyl (C=O) groups excluding carboxylic acids is 2. The molecule has 0 atom stereocenters. The molecule has 1 rings (SSSR count). The van der Waals surface area contributed by atoms with Gasteiger partial charge in [-0.25, -0.2) is 0 Å². The Morgan fingerprint density at radius 2 is 0.976 bits per heavy atom. The molecule has 0 fully saturated rings. The van der Waals surface area contributed by atoms with Crippen LogP contribution >= 0.6 is 0 Å². The van der Waals surface area contributed by atoms with Gasteiger partial charge in [0, 0.05) is 17.2 Å². The van der Waals surface area contributed by atoms with E-state index in [1.807, 2.05) is 0 Å². The van der Waals surface area contributed by atoms with E-state index in [0.717, 1.165) is 57.8 Å². The molecular formula is C38H56O3. The first-order valence-corrected chi connectivity index (χ1v) is 15.4. The second-order valence-corrected chi connectivity index (χ2v) is 11.9. The van der Waals surface area contributed by atoms with E-state index in [-0.39, 0.29) is 17.3 Å². The molecule has 41 heavy (non-hydrogen) atoms. The van der Waals surface area contributed by atoms with Crippen molar-refractivity contribution in [3.05, 3.63) is 92.9 Å². The molecule has 3 nitrogen and oxygen atoms in total. The number of allylic oxidation sites excluding steroid dienone is 15. The zero-order valence-corrected chi connectivity index (χ0v) is 27.5. The van der Waals surface area contributed by atoms with Crippen molar-refractivity contribution in [2.24, 2.45) is 0 Å². The van der Waals surface area contributed by atoms with Gasteiger partial charge in [0.15, 0.2) is 11.5 Å². The van der Waals surface area contributed by atoms with Crippen LogP contribution in [0.25, 0.3) is 0 Å². The third-order valence-electron chi connectivity index (χ3n) is 7.67. The lowest BCUT2D eigenvalue weighted by Crippen LogP contribution is -2.19. The number of methoxy groups -OCH3 is 1. The molecule has 0 radical (unpaired) electrons. The fourth-order valence-corrected chi connectivity index (χ4v) is 4.72. The van der Waals surface area contributed by atoms with Crippen LogP contribution in [0.2, 0.25) is 0 Å². The Kier molecular flexibility index (Phi) is 17.6. The molecule has 0 saturated heterocycles. The van der Waals surface area contributed by atoms with Crippen LogP contribution in [0.1, 0.15) is 126 Å². The highest BCUT2D eigenvalue weighted by Gasteiger charge is 2.25. The third kappa shape index (κ3) is 15.6. The topological polar surface area (TPSA) is 43.4 Å². The summed E-state index contributed by atoms with van der Waals surface area (Å²) < 4.78 is 5.08. The molecule has 0 aromatic heterocycles. The van der Waals surface area contributed by atoms with Crippen LogP contribution in [-0.4, -0.2) is 18.7 Å². The van der Waals surface area contributed by atoms with E-state index in [1.165, 1.54) is 53.0 Å². The van der Waals surface area contributed by atoms with E-state index in [9.17, 15) is 9.59 Å². The maximum absolute atomic E-state index is 12.5. The molecule has 0 amide bonds. The highest BCUT2D eigenvalue weighted by atomic mass is 16.5. The van der Waals surface area contributed by atoms with Crippen LogP contribution in [0, 0.1) is 0 Å². The van der Waals surface area contributed by atoms with Crippen molar-refractivity contribution < 1.29 is 14.3 Å². The van der Waals surface area contributed by atoms with Crippen molar-refractivity contribution in [3.63, 3.8) is 0 Å². The van der Waals surface area contributed by atoms with Crippen molar-refractivity contribution in [2.75, 3.05) is 7.11 Å². The Bertz CT molecular complexity index is 1140. The summed E-state index contributed by atoms with van der Waals surface area (Å²) in [5, 5.41) is 0. The molecule has 1 aliphatic carbocycles. The van der Waals surface area contributed by atoms with Gasteiger partial charge in [-0.15, -0.1) is 0 Å². The van der Waals surface area contributed by atoms with Crippen LogP contribution in [0.5, 0.6) is 0 Å². The number of Topliss-reactive ketones (excluding diaryl/α,β-unsaturated/α-hetero) is 1. The van der Waals surface area contributed by atoms with Gasteiger partial charge in [-0.3, -0.25) is 9.59 Å². The fourth-order valence-electron chi connectivity index (χ4n) is 4.72. The number of ketones is 2. The number of ether oxygens (including phenoxy) is 1. The maximum atomic E-state index is 12.5. The molecule has 0 aromatic rings. The van der Waals surface area contributed by atoms with Gasteiger partial charge in [0.2, 0.25) is 5.78 Å². The third-order valence-corrected chi connectivity index (χ3v) is 7.67. The smallest absolute Gasteiger partial charge is 0.224 e. The molecule has 3 heteroatoms. The molecule has 0 bridgehead atoms. The average molecular weight is 561 g/mol. The summed E-state index contributed by atoms with van der Waals surface area (Å²) in [4.78, 5) is 24.6. The molecule has 1 aliphatic rings. The minimum absolute atomic E-state index is 0.135. The predicted octanol–water partition coefficient (Wildman–Crippen LogP) is 11.0. The largest absolute Gasteiger partial charge is 0.493 e. The summed E-state index contributed by atoms with van der Waals surface area (Å²) in [5.41, 5.74) is 9.59. The first-order valence-electron chi connectivity index (χ1n) is 15.4. The van der Waals surface area contributed by atoms with Crippen LogP contribution < -0.4 is 0 Å². The lowest BCUT2D eigenvalue weighted by Gasteiger charge is -2.15. The number of rotatable bonds is 18. The fraction of sp³-hybridized carbons (Fsp3) is 0.526. The van der Waals surface area contributed by atoms with Gasteiger partial charge >= 0.3 is 0 Å². The first-order chi connectivity index (χ1) is 19.4. The molecule has 0 saturated carbocycles. The van der Waals surface area contributed by atoms with Gasteiger partial charge in [0.1, 0.15) is 0 Å². The van der Waals surface area contributed by atoms with E-state index < -0.39 is 0 Å². The van der Waals surface area contributed by atoms with Crippen LogP contribution in [0.15, 0.2) is 92.9 Å². The van der Waals surface area contributed by atoms with Gasteiger partial charge in [0.05, 0.1) is 7.11 Å². The minimum atomic E-state index is -0.178. The zero-order chi connectivity index (χ0) is 30.8. The highest BCUT2D eigenvalue weighted by molar-refractivity contribution is 6.21. The molecule has 0 aromatic carbocycles. The molecular weight excluding hydrogens is 504 g/mol. The Balaban J connectivity index is 2.35. The lowest BCUT2D eigenvalue weighted by molar-refractivity contribution is -0.118. The summed E-state index contributed by atoms with van der Waals surface area (Å²) in [7, 11) is 1.43. The normalized spacial score (nSPS) is 15.9. The Hall–Kier alpha value is -2.94. The van der Waals surface area contributed by atoms with Crippen LogP contribution in [0.3, 0.4) is 0 Å². The monoisotopic (exact) mass is 560 g/mol. The first kappa shape index (κ1) is 36.1. The van der Waals surface area contributed by atoms with E-state index in [2.05, 4.69) is 84.9 Å².